The number of nitrogens with one attached hydrogen (secondary N) is 1. The van der Waals surface area contributed by atoms with Gasteiger partial charge in [-0.15, -0.1) is 0 Å². The van der Waals surface area contributed by atoms with Crippen molar-refractivity contribution in [1.82, 2.24) is 9.97 Å². The number of carbonyl (C=O) groups excluding carboxylic acids is 1. The maximum absolute atomic E-state index is 14.3. The first-order valence-electron chi connectivity index (χ1n) is 9.41. The molecule has 1 aromatic heterocycles. The molecule has 1 aliphatic heterocycles. The van der Waals surface area contributed by atoms with E-state index in [2.05, 4.69) is 15.3 Å². The first-order valence-corrected chi connectivity index (χ1v) is 9.41. The van der Waals surface area contributed by atoms with Gasteiger partial charge < -0.3 is 15.3 Å². The average molecular weight is 370 g/mol. The molecule has 0 radical (unpaired) electrons. The number of Topliss-reactive ketones (excluding diaryl/α,β-unsaturated/α-hetero) is 1. The molecule has 6 nitrogen and oxygen atoms in total. The van der Waals surface area contributed by atoms with Crippen LogP contribution in [0.1, 0.15) is 30.4 Å². The zero-order chi connectivity index (χ0) is 18.8. The first kappa shape index (κ1) is 17.9. The highest BCUT2D eigenvalue weighted by molar-refractivity contribution is 5.83. The van der Waals surface area contributed by atoms with Gasteiger partial charge in [0, 0.05) is 38.2 Å². The van der Waals surface area contributed by atoms with E-state index in [-0.39, 0.29) is 18.3 Å². The molecule has 0 saturated carbocycles. The normalized spacial score (nSPS) is 17.7. The molecular weight excluding hydrogens is 347 g/mol. The third-order valence-corrected chi connectivity index (χ3v) is 5.42. The third kappa shape index (κ3) is 3.93. The number of nitrogens with zero attached hydrogens (tertiary/aromatic N) is 3. The van der Waals surface area contributed by atoms with Crippen LogP contribution in [-0.2, 0) is 17.6 Å². The van der Waals surface area contributed by atoms with E-state index in [4.69, 9.17) is 0 Å². The molecule has 0 amide bonds. The van der Waals surface area contributed by atoms with Crippen molar-refractivity contribution < 1.29 is 14.3 Å². The number of aryl methyl sites for hydroxylation is 1. The van der Waals surface area contributed by atoms with E-state index >= 15 is 0 Å². The maximum Gasteiger partial charge on any atom is 0.229 e. The summed E-state index contributed by atoms with van der Waals surface area (Å²) in [4.78, 5) is 21.9. The molecule has 2 aliphatic rings. The molecule has 2 heterocycles. The van der Waals surface area contributed by atoms with Gasteiger partial charge in [0.2, 0.25) is 5.95 Å². The molecule has 1 aromatic carbocycles. The average Bonchev–Trinajstić information content (AvgIpc) is 2.70. The lowest BCUT2D eigenvalue weighted by Crippen LogP contribution is -2.36. The maximum atomic E-state index is 14.3. The van der Waals surface area contributed by atoms with Crippen molar-refractivity contribution in [3.63, 3.8) is 0 Å². The quantitative estimate of drug-likeness (QED) is 0.861. The van der Waals surface area contributed by atoms with Gasteiger partial charge in [0.15, 0.2) is 11.6 Å². The Morgan fingerprint density at radius 1 is 1.22 bits per heavy atom. The highest BCUT2D eigenvalue weighted by Crippen LogP contribution is 2.27. The number of anilines is 3. The number of rotatable bonds is 4. The molecule has 0 spiro atoms. The van der Waals surface area contributed by atoms with E-state index in [1.165, 1.54) is 6.20 Å². The molecular formula is C20H23FN4O2. The number of hydrogen-bond donors (Lipinski definition) is 2. The number of aliphatic hydroxyl groups is 1. The highest BCUT2D eigenvalue weighted by Gasteiger charge is 2.22. The Bertz CT molecular complexity index is 850. The molecule has 142 valence electrons. The highest BCUT2D eigenvalue weighted by atomic mass is 19.1. The number of benzene rings is 1. The number of aromatic nitrogens is 2. The number of carbonyl (C=O) groups is 1. The fourth-order valence-electron chi connectivity index (χ4n) is 3.78. The van der Waals surface area contributed by atoms with Crippen LogP contribution in [0.15, 0.2) is 24.4 Å². The van der Waals surface area contributed by atoms with E-state index in [0.717, 1.165) is 36.1 Å². The van der Waals surface area contributed by atoms with Gasteiger partial charge in [-0.25, -0.2) is 9.37 Å². The minimum Gasteiger partial charge on any atom is -0.396 e. The minimum atomic E-state index is -0.438. The Balaban J connectivity index is 1.51. The van der Waals surface area contributed by atoms with Crippen molar-refractivity contribution in [1.29, 1.82) is 0 Å². The van der Waals surface area contributed by atoms with Crippen LogP contribution in [0.3, 0.4) is 0 Å². The van der Waals surface area contributed by atoms with Crippen LogP contribution in [0, 0.1) is 11.7 Å². The molecule has 0 unspecified atom stereocenters. The standard InChI is InChI=1S/C20H23FN4O2/c21-18-11-22-20(24-19(18)25-7-5-13(12-26)6-8-25)23-16-3-1-15-10-17(27)4-2-14(15)9-16/h1,3,9,11,13,26H,2,4-8,10,12H2,(H,22,23,24). The van der Waals surface area contributed by atoms with E-state index in [9.17, 15) is 14.3 Å². The van der Waals surface area contributed by atoms with Gasteiger partial charge in [-0.3, -0.25) is 4.79 Å². The summed E-state index contributed by atoms with van der Waals surface area (Å²) in [5.74, 6) is 0.771. The molecule has 0 bridgehead atoms. The second-order valence-corrected chi connectivity index (χ2v) is 7.30. The first-order chi connectivity index (χ1) is 13.1. The monoisotopic (exact) mass is 370 g/mol. The van der Waals surface area contributed by atoms with Gasteiger partial charge >= 0.3 is 0 Å². The molecule has 27 heavy (non-hydrogen) atoms. The molecule has 7 heteroatoms. The van der Waals surface area contributed by atoms with E-state index in [1.807, 2.05) is 23.1 Å². The van der Waals surface area contributed by atoms with Crippen LogP contribution in [-0.4, -0.2) is 40.6 Å². The van der Waals surface area contributed by atoms with Gasteiger partial charge in [0.1, 0.15) is 5.78 Å². The Labute approximate surface area is 157 Å². The number of ketones is 1. The number of piperidine rings is 1. The van der Waals surface area contributed by atoms with Crippen LogP contribution in [0.2, 0.25) is 0 Å². The second kappa shape index (κ2) is 7.60. The lowest BCUT2D eigenvalue weighted by atomic mass is 9.90. The summed E-state index contributed by atoms with van der Waals surface area (Å²) in [5.41, 5.74) is 3.07. The van der Waals surface area contributed by atoms with Gasteiger partial charge in [0.25, 0.3) is 0 Å². The van der Waals surface area contributed by atoms with Crippen molar-refractivity contribution in [2.45, 2.75) is 32.1 Å². The fourth-order valence-corrected chi connectivity index (χ4v) is 3.78. The summed E-state index contributed by atoms with van der Waals surface area (Å²) in [6.07, 6.45) is 4.67. The summed E-state index contributed by atoms with van der Waals surface area (Å²) < 4.78 is 14.3. The summed E-state index contributed by atoms with van der Waals surface area (Å²) in [5, 5.41) is 12.4. The number of aliphatic hydroxyl groups excluding tert-OH is 1. The summed E-state index contributed by atoms with van der Waals surface area (Å²) in [7, 11) is 0. The minimum absolute atomic E-state index is 0.177. The zero-order valence-corrected chi connectivity index (χ0v) is 15.1. The number of halogens is 1. The van der Waals surface area contributed by atoms with Crippen LogP contribution >= 0.6 is 0 Å². The van der Waals surface area contributed by atoms with Crippen LogP contribution in [0.5, 0.6) is 0 Å². The van der Waals surface area contributed by atoms with E-state index < -0.39 is 5.82 Å². The number of fused-ring (bicyclic) bond motifs is 1. The lowest BCUT2D eigenvalue weighted by molar-refractivity contribution is -0.118. The summed E-state index contributed by atoms with van der Waals surface area (Å²) in [6, 6.07) is 5.87. The van der Waals surface area contributed by atoms with E-state index in [1.54, 1.807) is 0 Å². The Hall–Kier alpha value is -2.54. The molecule has 1 fully saturated rings. The third-order valence-electron chi connectivity index (χ3n) is 5.42. The van der Waals surface area contributed by atoms with Crippen LogP contribution in [0.25, 0.3) is 0 Å². The van der Waals surface area contributed by atoms with Gasteiger partial charge in [-0.2, -0.15) is 4.98 Å². The SMILES string of the molecule is O=C1CCc2cc(Nc3ncc(F)c(N4CCC(CO)CC4)n3)ccc2C1. The fraction of sp³-hybridized carbons (Fsp3) is 0.450. The van der Waals surface area contributed by atoms with Crippen LogP contribution < -0.4 is 10.2 Å². The van der Waals surface area contributed by atoms with Gasteiger partial charge in [-0.05, 0) is 48.4 Å². The van der Waals surface area contributed by atoms with Crippen LogP contribution in [0.4, 0.5) is 21.8 Å². The van der Waals surface area contributed by atoms with Crippen molar-refractivity contribution in [3.05, 3.63) is 41.3 Å². The Morgan fingerprint density at radius 3 is 2.81 bits per heavy atom. The van der Waals surface area contributed by atoms with Gasteiger partial charge in [-0.1, -0.05) is 6.07 Å². The van der Waals surface area contributed by atoms with Crippen molar-refractivity contribution >= 4 is 23.2 Å². The summed E-state index contributed by atoms with van der Waals surface area (Å²) in [6.45, 7) is 1.52. The molecule has 0 atom stereocenters. The van der Waals surface area contributed by atoms with Crippen molar-refractivity contribution in [2.75, 3.05) is 29.9 Å². The van der Waals surface area contributed by atoms with E-state index in [0.29, 0.717) is 37.7 Å². The molecule has 2 aromatic rings. The van der Waals surface area contributed by atoms with Gasteiger partial charge in [0.05, 0.1) is 6.20 Å². The molecule has 4 rings (SSSR count). The molecule has 1 aliphatic carbocycles. The number of hydrogen-bond acceptors (Lipinski definition) is 6. The predicted octanol–water partition coefficient (Wildman–Crippen LogP) is 2.63. The predicted molar refractivity (Wildman–Crippen MR) is 101 cm³/mol. The van der Waals surface area contributed by atoms with Crippen molar-refractivity contribution in [3.8, 4) is 0 Å². The summed E-state index contributed by atoms with van der Waals surface area (Å²) >= 11 is 0. The smallest absolute Gasteiger partial charge is 0.229 e. The Morgan fingerprint density at radius 2 is 2.04 bits per heavy atom. The Kier molecular flexibility index (Phi) is 5.03. The topological polar surface area (TPSA) is 78.4 Å². The van der Waals surface area contributed by atoms with Crippen molar-refractivity contribution in [2.24, 2.45) is 5.92 Å². The largest absolute Gasteiger partial charge is 0.396 e. The zero-order valence-electron chi connectivity index (χ0n) is 15.1. The molecule has 1 saturated heterocycles. The lowest BCUT2D eigenvalue weighted by Gasteiger charge is -2.32. The second-order valence-electron chi connectivity index (χ2n) is 7.30. The molecule has 2 N–H and O–H groups in total.